The van der Waals surface area contributed by atoms with Crippen molar-refractivity contribution in [2.24, 2.45) is 0 Å². The van der Waals surface area contributed by atoms with Gasteiger partial charge in [0.25, 0.3) is 10.0 Å². The number of carbonyl (C=O) groups excluding carboxylic acids is 1. The number of likely N-dealkylation sites (tertiary alicyclic amines) is 1. The van der Waals surface area contributed by atoms with Gasteiger partial charge < -0.3 is 4.90 Å². The molecule has 1 heterocycles. The van der Waals surface area contributed by atoms with Gasteiger partial charge in [-0.05, 0) is 56.2 Å². The number of aryl methyl sites for hydroxylation is 1. The average molecular weight is 376 g/mol. The lowest BCUT2D eigenvalue weighted by atomic mass is 10.2. The summed E-state index contributed by atoms with van der Waals surface area (Å²) < 4.78 is 40.5. The first-order valence-corrected chi connectivity index (χ1v) is 9.95. The fraction of sp³-hybridized carbons (Fsp3) is 0.316. The van der Waals surface area contributed by atoms with Gasteiger partial charge in [0.15, 0.2) is 0 Å². The van der Waals surface area contributed by atoms with E-state index in [-0.39, 0.29) is 17.3 Å². The minimum atomic E-state index is -3.99. The Hall–Kier alpha value is -2.41. The Morgan fingerprint density at radius 1 is 1.04 bits per heavy atom. The summed E-state index contributed by atoms with van der Waals surface area (Å²) in [7, 11) is -3.99. The Balaban J connectivity index is 1.97. The van der Waals surface area contributed by atoms with Crippen LogP contribution >= 0.6 is 0 Å². The van der Waals surface area contributed by atoms with Gasteiger partial charge in [-0.1, -0.05) is 17.7 Å². The minimum absolute atomic E-state index is 0.0475. The van der Waals surface area contributed by atoms with Crippen LogP contribution in [0.25, 0.3) is 0 Å². The first-order valence-electron chi connectivity index (χ1n) is 8.51. The molecule has 26 heavy (non-hydrogen) atoms. The van der Waals surface area contributed by atoms with Crippen LogP contribution in [0.2, 0.25) is 0 Å². The largest absolute Gasteiger partial charge is 0.341 e. The smallest absolute Gasteiger partial charge is 0.264 e. The number of carbonyl (C=O) groups is 1. The van der Waals surface area contributed by atoms with Gasteiger partial charge in [-0.2, -0.15) is 0 Å². The van der Waals surface area contributed by atoms with E-state index in [1.54, 1.807) is 29.2 Å². The summed E-state index contributed by atoms with van der Waals surface area (Å²) in [6.07, 6.45) is 1.86. The minimum Gasteiger partial charge on any atom is -0.341 e. The second-order valence-corrected chi connectivity index (χ2v) is 8.25. The topological polar surface area (TPSA) is 57.7 Å². The lowest BCUT2D eigenvalue weighted by molar-refractivity contribution is -0.128. The van der Waals surface area contributed by atoms with Crippen molar-refractivity contribution in [2.75, 3.05) is 23.9 Å². The molecule has 0 aromatic heterocycles. The normalized spacial score (nSPS) is 14.5. The molecule has 7 heteroatoms. The molecule has 1 fully saturated rings. The number of hydrogen-bond donors (Lipinski definition) is 0. The Labute approximate surface area is 153 Å². The molecule has 0 saturated carbocycles. The average Bonchev–Trinajstić information content (AvgIpc) is 3.15. The Morgan fingerprint density at radius 2 is 1.62 bits per heavy atom. The van der Waals surface area contributed by atoms with Crippen molar-refractivity contribution in [3.05, 3.63) is 59.9 Å². The van der Waals surface area contributed by atoms with Crippen molar-refractivity contribution >= 4 is 21.6 Å². The molecule has 3 rings (SSSR count). The van der Waals surface area contributed by atoms with E-state index in [1.165, 1.54) is 12.1 Å². The maximum absolute atomic E-state index is 13.2. The number of nitrogens with zero attached hydrogens (tertiary/aromatic N) is 2. The number of anilines is 1. The zero-order valence-electron chi connectivity index (χ0n) is 14.6. The van der Waals surface area contributed by atoms with Gasteiger partial charge in [0.1, 0.15) is 12.4 Å². The van der Waals surface area contributed by atoms with Crippen molar-refractivity contribution in [2.45, 2.75) is 24.7 Å². The van der Waals surface area contributed by atoms with Crippen molar-refractivity contribution in [3.8, 4) is 0 Å². The van der Waals surface area contributed by atoms with Crippen molar-refractivity contribution in [1.29, 1.82) is 0 Å². The summed E-state index contributed by atoms with van der Waals surface area (Å²) in [4.78, 5) is 14.2. The highest BCUT2D eigenvalue weighted by Gasteiger charge is 2.29. The monoisotopic (exact) mass is 376 g/mol. The molecule has 2 aromatic rings. The van der Waals surface area contributed by atoms with E-state index in [2.05, 4.69) is 0 Å². The van der Waals surface area contributed by atoms with Crippen LogP contribution in [0.3, 0.4) is 0 Å². The predicted molar refractivity (Wildman–Crippen MR) is 97.9 cm³/mol. The fourth-order valence-corrected chi connectivity index (χ4v) is 4.36. The zero-order chi connectivity index (χ0) is 18.7. The quantitative estimate of drug-likeness (QED) is 0.806. The molecule has 0 atom stereocenters. The third-order valence-electron chi connectivity index (χ3n) is 4.46. The predicted octanol–water partition coefficient (Wildman–Crippen LogP) is 2.95. The summed E-state index contributed by atoms with van der Waals surface area (Å²) in [5.74, 6) is -0.743. The number of halogens is 1. The second kappa shape index (κ2) is 7.45. The second-order valence-electron chi connectivity index (χ2n) is 6.39. The van der Waals surface area contributed by atoms with E-state index < -0.39 is 15.8 Å². The van der Waals surface area contributed by atoms with Crippen LogP contribution < -0.4 is 4.31 Å². The highest BCUT2D eigenvalue weighted by molar-refractivity contribution is 7.92. The summed E-state index contributed by atoms with van der Waals surface area (Å²) in [5.41, 5.74) is 1.39. The highest BCUT2D eigenvalue weighted by Crippen LogP contribution is 2.25. The molecule has 138 valence electrons. The molecule has 0 bridgehead atoms. The van der Waals surface area contributed by atoms with Crippen LogP contribution in [0.5, 0.6) is 0 Å². The molecule has 0 radical (unpaired) electrons. The van der Waals surface area contributed by atoms with E-state index in [0.29, 0.717) is 18.8 Å². The molecule has 0 N–H and O–H groups in total. The van der Waals surface area contributed by atoms with E-state index in [1.807, 2.05) is 6.92 Å². The third kappa shape index (κ3) is 3.88. The molecular formula is C19H21FN2O3S. The van der Waals surface area contributed by atoms with E-state index in [0.717, 1.165) is 34.8 Å². The Morgan fingerprint density at radius 3 is 2.19 bits per heavy atom. The number of benzene rings is 2. The lowest BCUT2D eigenvalue weighted by Crippen LogP contribution is -2.42. The standard InChI is InChI=1S/C19H21FN2O3S/c1-15-4-8-17(9-5-15)22(14-19(23)21-12-2-3-13-21)26(24,25)18-10-6-16(20)7-11-18/h4-11H,2-3,12-14H2,1H3. The molecule has 0 aliphatic carbocycles. The molecule has 1 saturated heterocycles. The van der Waals surface area contributed by atoms with Gasteiger partial charge in [0, 0.05) is 13.1 Å². The molecule has 0 unspecified atom stereocenters. The maximum Gasteiger partial charge on any atom is 0.264 e. The first kappa shape index (κ1) is 18.4. The Kier molecular flexibility index (Phi) is 5.27. The van der Waals surface area contributed by atoms with Gasteiger partial charge in [-0.15, -0.1) is 0 Å². The number of amides is 1. The van der Waals surface area contributed by atoms with Crippen LogP contribution in [0.4, 0.5) is 10.1 Å². The maximum atomic E-state index is 13.2. The number of rotatable bonds is 5. The lowest BCUT2D eigenvalue weighted by Gasteiger charge is -2.26. The van der Waals surface area contributed by atoms with E-state index >= 15 is 0 Å². The van der Waals surface area contributed by atoms with Gasteiger partial charge in [0.05, 0.1) is 10.6 Å². The van der Waals surface area contributed by atoms with Crippen molar-refractivity contribution < 1.29 is 17.6 Å². The summed E-state index contributed by atoms with van der Waals surface area (Å²) in [5, 5.41) is 0. The van der Waals surface area contributed by atoms with Gasteiger partial charge in [-0.3, -0.25) is 9.10 Å². The van der Waals surface area contributed by atoms with Crippen LogP contribution in [0.1, 0.15) is 18.4 Å². The molecule has 1 amide bonds. The van der Waals surface area contributed by atoms with Crippen LogP contribution in [-0.2, 0) is 14.8 Å². The van der Waals surface area contributed by atoms with E-state index in [9.17, 15) is 17.6 Å². The zero-order valence-corrected chi connectivity index (χ0v) is 15.4. The van der Waals surface area contributed by atoms with Crippen LogP contribution in [0.15, 0.2) is 53.4 Å². The number of hydrogen-bond acceptors (Lipinski definition) is 3. The van der Waals surface area contributed by atoms with Crippen molar-refractivity contribution in [3.63, 3.8) is 0 Å². The number of sulfonamides is 1. The SMILES string of the molecule is Cc1ccc(N(CC(=O)N2CCCC2)S(=O)(=O)c2ccc(F)cc2)cc1. The molecule has 1 aliphatic rings. The van der Waals surface area contributed by atoms with Crippen molar-refractivity contribution in [1.82, 2.24) is 4.90 Å². The molecule has 5 nitrogen and oxygen atoms in total. The molecular weight excluding hydrogens is 355 g/mol. The van der Waals surface area contributed by atoms with Crippen LogP contribution in [-0.4, -0.2) is 38.9 Å². The summed E-state index contributed by atoms with van der Waals surface area (Å²) >= 11 is 0. The molecule has 1 aliphatic heterocycles. The molecule has 0 spiro atoms. The summed E-state index contributed by atoms with van der Waals surface area (Å²) in [6.45, 7) is 2.93. The van der Waals surface area contributed by atoms with Crippen LogP contribution in [0, 0.1) is 12.7 Å². The molecule has 2 aromatic carbocycles. The summed E-state index contributed by atoms with van der Waals surface area (Å²) in [6, 6.07) is 11.6. The highest BCUT2D eigenvalue weighted by atomic mass is 32.2. The Bertz CT molecular complexity index is 874. The van der Waals surface area contributed by atoms with Gasteiger partial charge in [0.2, 0.25) is 5.91 Å². The van der Waals surface area contributed by atoms with Gasteiger partial charge >= 0.3 is 0 Å². The first-order chi connectivity index (χ1) is 12.4. The van der Waals surface area contributed by atoms with E-state index in [4.69, 9.17) is 0 Å². The fourth-order valence-electron chi connectivity index (χ4n) is 2.95. The third-order valence-corrected chi connectivity index (χ3v) is 6.25. The van der Waals surface area contributed by atoms with Gasteiger partial charge in [-0.25, -0.2) is 12.8 Å².